The molecule has 2 aromatic carbocycles. The van der Waals surface area contributed by atoms with Crippen molar-refractivity contribution in [1.82, 2.24) is 9.97 Å². The summed E-state index contributed by atoms with van der Waals surface area (Å²) in [4.78, 5) is 9.23. The minimum atomic E-state index is 0.573. The Morgan fingerprint density at radius 1 is 1.04 bits per heavy atom. The van der Waals surface area contributed by atoms with E-state index in [0.717, 1.165) is 34.0 Å². The molecule has 0 amide bonds. The largest absolute Gasteiger partial charge is 0.368 e. The van der Waals surface area contributed by atoms with Crippen LogP contribution in [-0.2, 0) is 6.42 Å². The van der Waals surface area contributed by atoms with Crippen molar-refractivity contribution in [3.05, 3.63) is 82.1 Å². The summed E-state index contributed by atoms with van der Waals surface area (Å²) in [6, 6.07) is 16.7. The van der Waals surface area contributed by atoms with E-state index in [0.29, 0.717) is 10.8 Å². The van der Waals surface area contributed by atoms with Crippen LogP contribution in [0.15, 0.2) is 59.9 Å². The van der Waals surface area contributed by atoms with E-state index in [1.165, 1.54) is 29.2 Å². The Morgan fingerprint density at radius 3 is 2.30 bits per heavy atom. The van der Waals surface area contributed by atoms with Crippen LogP contribution in [0, 0.1) is 6.92 Å². The summed E-state index contributed by atoms with van der Waals surface area (Å²) in [6.45, 7) is 2.82. The average Bonchev–Trinajstić information content (AvgIpc) is 2.70. The van der Waals surface area contributed by atoms with Gasteiger partial charge in [-0.2, -0.15) is 0 Å². The second-order valence-electron chi connectivity index (χ2n) is 6.11. The van der Waals surface area contributed by atoms with Crippen LogP contribution in [0.4, 0.5) is 5.82 Å². The van der Waals surface area contributed by atoms with Crippen molar-refractivity contribution in [2.45, 2.75) is 18.4 Å². The van der Waals surface area contributed by atoms with Crippen molar-refractivity contribution in [2.75, 3.05) is 18.1 Å². The van der Waals surface area contributed by atoms with Gasteiger partial charge in [-0.3, -0.25) is 0 Å². The first-order chi connectivity index (χ1) is 13.1. The molecule has 0 radical (unpaired) electrons. The average molecular weight is 414 g/mol. The lowest BCUT2D eigenvalue weighted by Gasteiger charge is -2.10. The van der Waals surface area contributed by atoms with E-state index in [9.17, 15) is 0 Å². The van der Waals surface area contributed by atoms with Gasteiger partial charge in [0.15, 0.2) is 0 Å². The molecule has 3 nitrogen and oxygen atoms in total. The third kappa shape index (κ3) is 5.06. The van der Waals surface area contributed by atoms with Gasteiger partial charge in [0, 0.05) is 6.54 Å². The van der Waals surface area contributed by atoms with E-state index < -0.39 is 0 Å². The Labute approximate surface area is 174 Å². The minimum absolute atomic E-state index is 0.573. The maximum absolute atomic E-state index is 6.29. The van der Waals surface area contributed by atoms with Crippen LogP contribution in [0.2, 0.25) is 5.02 Å². The Hall–Kier alpha value is -1.95. The van der Waals surface area contributed by atoms with E-state index >= 15 is 0 Å². The molecule has 0 aliphatic carbocycles. The molecule has 1 aromatic heterocycles. The van der Waals surface area contributed by atoms with Gasteiger partial charge in [0.2, 0.25) is 0 Å². The quantitative estimate of drug-likeness (QED) is 0.237. The summed E-state index contributed by atoms with van der Waals surface area (Å²) in [5.41, 5.74) is 4.60. The molecule has 0 saturated heterocycles. The second kappa shape index (κ2) is 9.31. The molecular weight excluding hydrogens is 394 g/mol. The number of hydrogen-bond donors (Lipinski definition) is 1. The molecule has 0 atom stereocenters. The first kappa shape index (κ1) is 19.8. The fourth-order valence-electron chi connectivity index (χ4n) is 2.64. The fraction of sp³-hybridized carbons (Fsp3) is 0.190. The van der Waals surface area contributed by atoms with E-state index in [2.05, 4.69) is 70.7 Å². The minimum Gasteiger partial charge on any atom is -0.368 e. The van der Waals surface area contributed by atoms with E-state index in [4.69, 9.17) is 23.8 Å². The summed E-state index contributed by atoms with van der Waals surface area (Å²) >= 11 is 13.4. The highest BCUT2D eigenvalue weighted by molar-refractivity contribution is 7.98. The Bertz CT molecular complexity index is 925. The van der Waals surface area contributed by atoms with Crippen LogP contribution < -0.4 is 5.32 Å². The number of thiocarbonyl (C=S) groups is 1. The maximum atomic E-state index is 6.29. The van der Waals surface area contributed by atoms with Gasteiger partial charge < -0.3 is 5.32 Å². The smallest absolute Gasteiger partial charge is 0.149 e. The SMILES string of the molecule is CSc1ncnc(NCCc2ccc(C(=S)c3ccc(C)cc3)cc2)c1Cl. The zero-order valence-corrected chi connectivity index (χ0v) is 17.6. The molecule has 3 aromatic rings. The van der Waals surface area contributed by atoms with Crippen LogP contribution in [0.25, 0.3) is 0 Å². The van der Waals surface area contributed by atoms with Crippen LogP contribution in [0.1, 0.15) is 22.3 Å². The molecule has 0 spiro atoms. The number of hydrogen-bond acceptors (Lipinski definition) is 5. The second-order valence-corrected chi connectivity index (χ2v) is 7.70. The van der Waals surface area contributed by atoms with Crippen molar-refractivity contribution in [1.29, 1.82) is 0 Å². The van der Waals surface area contributed by atoms with Crippen molar-refractivity contribution < 1.29 is 0 Å². The molecule has 3 rings (SSSR count). The lowest BCUT2D eigenvalue weighted by atomic mass is 10.0. The van der Waals surface area contributed by atoms with Crippen LogP contribution in [0.3, 0.4) is 0 Å². The molecule has 0 fully saturated rings. The molecule has 0 saturated carbocycles. The fourth-order valence-corrected chi connectivity index (χ4v) is 3.74. The van der Waals surface area contributed by atoms with Crippen molar-refractivity contribution in [3.63, 3.8) is 0 Å². The van der Waals surface area contributed by atoms with Gasteiger partial charge in [0.05, 0.1) is 4.86 Å². The van der Waals surface area contributed by atoms with Crippen LogP contribution >= 0.6 is 35.6 Å². The van der Waals surface area contributed by atoms with E-state index in [1.807, 2.05) is 6.26 Å². The summed E-state index contributed by atoms with van der Waals surface area (Å²) in [6.07, 6.45) is 4.34. The van der Waals surface area contributed by atoms with Gasteiger partial charge in [-0.15, -0.1) is 11.8 Å². The highest BCUT2D eigenvalue weighted by atomic mass is 35.5. The van der Waals surface area contributed by atoms with Crippen molar-refractivity contribution in [3.8, 4) is 0 Å². The monoisotopic (exact) mass is 413 g/mol. The summed E-state index contributed by atoms with van der Waals surface area (Å²) in [5, 5.41) is 4.64. The van der Waals surface area contributed by atoms with Crippen LogP contribution in [-0.4, -0.2) is 27.6 Å². The number of nitrogens with zero attached hydrogens (tertiary/aromatic N) is 2. The molecule has 1 N–H and O–H groups in total. The molecule has 0 unspecified atom stereocenters. The number of benzene rings is 2. The molecule has 1 heterocycles. The highest BCUT2D eigenvalue weighted by Crippen LogP contribution is 2.27. The van der Waals surface area contributed by atoms with E-state index in [-0.39, 0.29) is 0 Å². The first-order valence-electron chi connectivity index (χ1n) is 8.57. The molecule has 138 valence electrons. The Balaban J connectivity index is 1.59. The molecule has 0 aliphatic rings. The normalized spacial score (nSPS) is 10.6. The van der Waals surface area contributed by atoms with E-state index in [1.54, 1.807) is 0 Å². The third-order valence-electron chi connectivity index (χ3n) is 4.19. The van der Waals surface area contributed by atoms with Crippen molar-refractivity contribution >= 4 is 46.3 Å². The van der Waals surface area contributed by atoms with Crippen LogP contribution in [0.5, 0.6) is 0 Å². The van der Waals surface area contributed by atoms with Gasteiger partial charge in [-0.25, -0.2) is 9.97 Å². The molecule has 27 heavy (non-hydrogen) atoms. The Kier molecular flexibility index (Phi) is 6.83. The number of nitrogens with one attached hydrogen (secondary N) is 1. The molecule has 6 heteroatoms. The van der Waals surface area contributed by atoms with Crippen molar-refractivity contribution in [2.24, 2.45) is 0 Å². The standard InChI is InChI=1S/C21H20ClN3S2/c1-14-3-7-16(8-4-14)19(26)17-9-5-15(6-10-17)11-12-23-20-18(22)21(27-2)25-13-24-20/h3-10,13H,11-12H2,1-2H3,(H,23,24,25). The molecule has 0 bridgehead atoms. The molecule has 0 aliphatic heterocycles. The topological polar surface area (TPSA) is 37.8 Å². The summed E-state index contributed by atoms with van der Waals surface area (Å²) in [7, 11) is 0. The number of anilines is 1. The first-order valence-corrected chi connectivity index (χ1v) is 10.6. The number of aromatic nitrogens is 2. The lowest BCUT2D eigenvalue weighted by molar-refractivity contribution is 0.980. The number of halogens is 1. The zero-order chi connectivity index (χ0) is 19.2. The van der Waals surface area contributed by atoms with Gasteiger partial charge in [-0.05, 0) is 36.3 Å². The van der Waals surface area contributed by atoms with Gasteiger partial charge in [0.25, 0.3) is 0 Å². The number of thioether (sulfide) groups is 1. The summed E-state index contributed by atoms with van der Waals surface area (Å²) < 4.78 is 0. The lowest BCUT2D eigenvalue weighted by Crippen LogP contribution is -2.08. The maximum Gasteiger partial charge on any atom is 0.149 e. The molecular formula is C21H20ClN3S2. The van der Waals surface area contributed by atoms with Gasteiger partial charge in [0.1, 0.15) is 22.2 Å². The highest BCUT2D eigenvalue weighted by Gasteiger charge is 2.08. The number of rotatable bonds is 7. The predicted molar refractivity (Wildman–Crippen MR) is 119 cm³/mol. The predicted octanol–water partition coefficient (Wildman–Crippen LogP) is 5.58. The van der Waals surface area contributed by atoms with Gasteiger partial charge in [-0.1, -0.05) is 77.9 Å². The third-order valence-corrected chi connectivity index (χ3v) is 5.82. The number of aryl methyl sites for hydroxylation is 1. The Morgan fingerprint density at radius 2 is 1.67 bits per heavy atom. The zero-order valence-electron chi connectivity index (χ0n) is 15.2. The summed E-state index contributed by atoms with van der Waals surface area (Å²) in [5.74, 6) is 0.674. The van der Waals surface area contributed by atoms with Gasteiger partial charge >= 0.3 is 0 Å².